The van der Waals surface area contributed by atoms with E-state index >= 15 is 0 Å². The van der Waals surface area contributed by atoms with Gasteiger partial charge in [-0.3, -0.25) is 9.69 Å². The van der Waals surface area contributed by atoms with Crippen LogP contribution in [-0.4, -0.2) is 60.5 Å². The van der Waals surface area contributed by atoms with Crippen molar-refractivity contribution < 1.29 is 4.79 Å². The second-order valence-electron chi connectivity index (χ2n) is 10.1. The highest BCUT2D eigenvalue weighted by molar-refractivity contribution is 5.79. The third-order valence-electron chi connectivity index (χ3n) is 7.78. The van der Waals surface area contributed by atoms with E-state index in [4.69, 9.17) is 9.97 Å². The van der Waals surface area contributed by atoms with Gasteiger partial charge in [0.15, 0.2) is 0 Å². The lowest BCUT2D eigenvalue weighted by Crippen LogP contribution is -2.56. The molecule has 4 heterocycles. The van der Waals surface area contributed by atoms with Crippen LogP contribution in [0.3, 0.4) is 0 Å². The highest BCUT2D eigenvalue weighted by Gasteiger charge is 2.41. The summed E-state index contributed by atoms with van der Waals surface area (Å²) in [6.07, 6.45) is 5.70. The van der Waals surface area contributed by atoms with Crippen molar-refractivity contribution in [1.29, 1.82) is 0 Å². The lowest BCUT2D eigenvalue weighted by molar-refractivity contribution is -0.127. The first-order valence-electron chi connectivity index (χ1n) is 12.1. The van der Waals surface area contributed by atoms with Gasteiger partial charge < -0.3 is 10.2 Å². The summed E-state index contributed by atoms with van der Waals surface area (Å²) in [6.45, 7) is 4.96. The average molecular weight is 434 g/mol. The van der Waals surface area contributed by atoms with E-state index < -0.39 is 0 Å². The maximum Gasteiger partial charge on any atom is 0.223 e. The Balaban J connectivity index is 1.29. The molecule has 2 bridgehead atoms. The van der Waals surface area contributed by atoms with Gasteiger partial charge in [-0.05, 0) is 63.3 Å². The van der Waals surface area contributed by atoms with Crippen LogP contribution in [0.1, 0.15) is 49.5 Å². The van der Waals surface area contributed by atoms with Gasteiger partial charge in [0, 0.05) is 62.0 Å². The number of rotatable bonds is 6. The second kappa shape index (κ2) is 8.81. The maximum absolute atomic E-state index is 12.3. The van der Waals surface area contributed by atoms with Crippen LogP contribution in [0.2, 0.25) is 0 Å². The summed E-state index contributed by atoms with van der Waals surface area (Å²) < 4.78 is 0. The number of nitrogens with one attached hydrogen (secondary N) is 1. The van der Waals surface area contributed by atoms with E-state index in [1.807, 2.05) is 6.92 Å². The summed E-state index contributed by atoms with van der Waals surface area (Å²) in [5.74, 6) is 2.46. The standard InChI is InChI=1S/C26H35N5O/c1-17-28-24(18-7-9-21(10-8-18)30(2)3)14-25(29-17)23-16-31-12-11-20(23)13-22(31)15-27-26(32)19-5-4-6-19/h7-10,14,19-20,22-23H,4-6,11-13,15-16H2,1-3H3,(H,27,32)/t20-,22+,23+/m0/s1. The summed E-state index contributed by atoms with van der Waals surface area (Å²) in [6, 6.07) is 11.3. The molecule has 1 amide bonds. The van der Waals surface area contributed by atoms with E-state index in [1.54, 1.807) is 0 Å². The predicted octanol–water partition coefficient (Wildman–Crippen LogP) is 3.61. The van der Waals surface area contributed by atoms with Crippen molar-refractivity contribution in [2.45, 2.75) is 51.0 Å². The number of hydrogen-bond donors (Lipinski definition) is 1. The summed E-state index contributed by atoms with van der Waals surface area (Å²) in [5.41, 5.74) is 4.52. The Morgan fingerprint density at radius 1 is 1.16 bits per heavy atom. The minimum absolute atomic E-state index is 0.270. The zero-order valence-electron chi connectivity index (χ0n) is 19.6. The van der Waals surface area contributed by atoms with Crippen molar-refractivity contribution in [1.82, 2.24) is 20.2 Å². The molecular formula is C26H35N5O. The minimum atomic E-state index is 0.270. The Hall–Kier alpha value is -2.47. The first kappa shape index (κ1) is 21.4. The fourth-order valence-electron chi connectivity index (χ4n) is 5.58. The normalized spacial score (nSPS) is 27.1. The number of anilines is 1. The SMILES string of the molecule is Cc1nc(-c2ccc(N(C)C)cc2)cc([C@@H]2CN3CC[C@H]2C[C@@H]3CNC(=O)C2CCC2)n1. The van der Waals surface area contributed by atoms with E-state index in [0.717, 1.165) is 56.0 Å². The molecule has 32 heavy (non-hydrogen) atoms. The first-order valence-corrected chi connectivity index (χ1v) is 12.1. The monoisotopic (exact) mass is 433 g/mol. The maximum atomic E-state index is 12.3. The quantitative estimate of drug-likeness (QED) is 0.754. The Kier molecular flexibility index (Phi) is 5.89. The summed E-state index contributed by atoms with van der Waals surface area (Å²) >= 11 is 0. The smallest absolute Gasteiger partial charge is 0.223 e. The molecule has 1 saturated carbocycles. The Bertz CT molecular complexity index is 969. The van der Waals surface area contributed by atoms with Gasteiger partial charge in [0.2, 0.25) is 5.91 Å². The molecule has 0 spiro atoms. The molecule has 0 radical (unpaired) electrons. The van der Waals surface area contributed by atoms with E-state index in [1.165, 1.54) is 24.2 Å². The lowest BCUT2D eigenvalue weighted by Gasteiger charge is -2.50. The van der Waals surface area contributed by atoms with Crippen molar-refractivity contribution in [3.05, 3.63) is 41.9 Å². The highest BCUT2D eigenvalue weighted by atomic mass is 16.1. The molecule has 1 N–H and O–H groups in total. The molecular weight excluding hydrogens is 398 g/mol. The van der Waals surface area contributed by atoms with E-state index in [-0.39, 0.29) is 11.8 Å². The van der Waals surface area contributed by atoms with Gasteiger partial charge in [-0.2, -0.15) is 0 Å². The molecule has 3 aliphatic heterocycles. The molecule has 6 rings (SSSR count). The van der Waals surface area contributed by atoms with E-state index in [9.17, 15) is 4.79 Å². The molecule has 4 fully saturated rings. The minimum Gasteiger partial charge on any atom is -0.378 e. The third kappa shape index (κ3) is 4.25. The van der Waals surface area contributed by atoms with Crippen molar-refractivity contribution in [3.63, 3.8) is 0 Å². The summed E-state index contributed by atoms with van der Waals surface area (Å²) in [5, 5.41) is 3.24. The Morgan fingerprint density at radius 3 is 2.56 bits per heavy atom. The molecule has 4 atom stereocenters. The van der Waals surface area contributed by atoms with E-state index in [0.29, 0.717) is 17.9 Å². The topological polar surface area (TPSA) is 61.4 Å². The van der Waals surface area contributed by atoms with Gasteiger partial charge in [-0.15, -0.1) is 0 Å². The van der Waals surface area contributed by atoms with Gasteiger partial charge in [0.05, 0.1) is 5.69 Å². The van der Waals surface area contributed by atoms with Crippen LogP contribution < -0.4 is 10.2 Å². The van der Waals surface area contributed by atoms with Crippen LogP contribution in [-0.2, 0) is 4.79 Å². The number of piperidine rings is 3. The van der Waals surface area contributed by atoms with Crippen LogP contribution in [0, 0.1) is 18.8 Å². The number of carbonyl (C=O) groups excluding carboxylic acids is 1. The number of benzene rings is 1. The first-order chi connectivity index (χ1) is 15.5. The molecule has 170 valence electrons. The average Bonchev–Trinajstić information content (AvgIpc) is 2.76. The molecule has 6 heteroatoms. The number of hydrogen-bond acceptors (Lipinski definition) is 5. The van der Waals surface area contributed by atoms with Crippen molar-refractivity contribution in [3.8, 4) is 11.3 Å². The lowest BCUT2D eigenvalue weighted by atomic mass is 9.74. The zero-order valence-corrected chi connectivity index (χ0v) is 19.6. The molecule has 3 saturated heterocycles. The molecule has 6 nitrogen and oxygen atoms in total. The van der Waals surface area contributed by atoms with Crippen molar-refractivity contribution in [2.24, 2.45) is 11.8 Å². The number of aromatic nitrogens is 2. The summed E-state index contributed by atoms with van der Waals surface area (Å²) in [4.78, 5) is 26.6. The van der Waals surface area contributed by atoms with Crippen LogP contribution in [0.25, 0.3) is 11.3 Å². The molecule has 1 aromatic carbocycles. The van der Waals surface area contributed by atoms with Crippen molar-refractivity contribution in [2.75, 3.05) is 38.6 Å². The van der Waals surface area contributed by atoms with Crippen LogP contribution >= 0.6 is 0 Å². The van der Waals surface area contributed by atoms with Crippen LogP contribution in [0.5, 0.6) is 0 Å². The second-order valence-corrected chi connectivity index (χ2v) is 10.1. The zero-order chi connectivity index (χ0) is 22.2. The summed E-state index contributed by atoms with van der Waals surface area (Å²) in [7, 11) is 4.11. The molecule has 1 aliphatic carbocycles. The number of nitrogens with zero attached hydrogens (tertiary/aromatic N) is 4. The Morgan fingerprint density at radius 2 is 1.94 bits per heavy atom. The predicted molar refractivity (Wildman–Crippen MR) is 128 cm³/mol. The third-order valence-corrected chi connectivity index (χ3v) is 7.78. The van der Waals surface area contributed by atoms with Gasteiger partial charge in [0.1, 0.15) is 5.82 Å². The van der Waals surface area contributed by atoms with E-state index in [2.05, 4.69) is 59.5 Å². The van der Waals surface area contributed by atoms with Crippen LogP contribution in [0.15, 0.2) is 30.3 Å². The fourth-order valence-corrected chi connectivity index (χ4v) is 5.58. The number of carbonyl (C=O) groups is 1. The largest absolute Gasteiger partial charge is 0.378 e. The molecule has 2 aromatic rings. The Labute approximate surface area is 191 Å². The molecule has 1 aromatic heterocycles. The number of amides is 1. The van der Waals surface area contributed by atoms with Gasteiger partial charge in [0.25, 0.3) is 0 Å². The number of aryl methyl sites for hydroxylation is 1. The van der Waals surface area contributed by atoms with Gasteiger partial charge in [-0.1, -0.05) is 18.6 Å². The van der Waals surface area contributed by atoms with Gasteiger partial charge >= 0.3 is 0 Å². The highest BCUT2D eigenvalue weighted by Crippen LogP contribution is 2.41. The van der Waals surface area contributed by atoms with Crippen molar-refractivity contribution >= 4 is 11.6 Å². The fraction of sp³-hybridized carbons (Fsp3) is 0.577. The van der Waals surface area contributed by atoms with Gasteiger partial charge in [-0.25, -0.2) is 9.97 Å². The number of fused-ring (bicyclic) bond motifs is 3. The van der Waals surface area contributed by atoms with Crippen LogP contribution in [0.4, 0.5) is 5.69 Å². The molecule has 1 unspecified atom stereocenters. The molecule has 4 aliphatic rings.